The second-order valence-electron chi connectivity index (χ2n) is 4.58. The third kappa shape index (κ3) is 4.94. The molecular weight excluding hydrogens is 271 g/mol. The van der Waals surface area contributed by atoms with E-state index in [0.29, 0.717) is 6.04 Å². The van der Waals surface area contributed by atoms with Crippen LogP contribution in [0.3, 0.4) is 0 Å². The van der Waals surface area contributed by atoms with Crippen molar-refractivity contribution in [3.05, 3.63) is 60.2 Å². The number of pyridine rings is 1. The van der Waals surface area contributed by atoms with Crippen molar-refractivity contribution in [3.8, 4) is 0 Å². The minimum atomic E-state index is -0.187. The number of thioether (sulfide) groups is 1. The summed E-state index contributed by atoms with van der Waals surface area (Å²) in [5.41, 5.74) is 1.23. The molecule has 1 atom stereocenters. The maximum absolute atomic E-state index is 12.9. The number of aromatic nitrogens is 1. The zero-order valence-electron chi connectivity index (χ0n) is 11.6. The first-order chi connectivity index (χ1) is 9.78. The molecule has 0 spiro atoms. The summed E-state index contributed by atoms with van der Waals surface area (Å²) in [4.78, 5) is 5.25. The first-order valence-electron chi connectivity index (χ1n) is 6.78. The van der Waals surface area contributed by atoms with Gasteiger partial charge >= 0.3 is 0 Å². The van der Waals surface area contributed by atoms with Crippen LogP contribution in [0.1, 0.15) is 12.5 Å². The van der Waals surface area contributed by atoms with Crippen molar-refractivity contribution in [2.75, 3.05) is 12.3 Å². The Bertz CT molecular complexity index is 502. The van der Waals surface area contributed by atoms with E-state index in [-0.39, 0.29) is 5.82 Å². The summed E-state index contributed by atoms with van der Waals surface area (Å²) in [5.74, 6) is 0.766. The second-order valence-corrected chi connectivity index (χ2v) is 5.68. The van der Waals surface area contributed by atoms with Crippen LogP contribution in [0.5, 0.6) is 0 Å². The number of halogens is 1. The molecule has 1 heterocycles. The molecule has 0 radical (unpaired) electrons. The summed E-state index contributed by atoms with van der Waals surface area (Å²) >= 11 is 1.75. The minimum absolute atomic E-state index is 0.187. The van der Waals surface area contributed by atoms with Gasteiger partial charge in [-0.1, -0.05) is 13.0 Å². The van der Waals surface area contributed by atoms with Crippen molar-refractivity contribution in [1.29, 1.82) is 0 Å². The predicted molar refractivity (Wildman–Crippen MR) is 82.5 cm³/mol. The van der Waals surface area contributed by atoms with Gasteiger partial charge in [0, 0.05) is 29.1 Å². The highest BCUT2D eigenvalue weighted by molar-refractivity contribution is 7.99. The molecule has 0 aliphatic heterocycles. The molecule has 0 bridgehead atoms. The number of benzene rings is 1. The zero-order chi connectivity index (χ0) is 14.2. The molecule has 1 unspecified atom stereocenters. The molecule has 20 heavy (non-hydrogen) atoms. The van der Waals surface area contributed by atoms with Crippen molar-refractivity contribution >= 4 is 11.8 Å². The highest BCUT2D eigenvalue weighted by atomic mass is 32.2. The van der Waals surface area contributed by atoms with E-state index >= 15 is 0 Å². The lowest BCUT2D eigenvalue weighted by Gasteiger charge is -2.17. The van der Waals surface area contributed by atoms with Gasteiger partial charge in [-0.15, -0.1) is 11.8 Å². The monoisotopic (exact) mass is 290 g/mol. The Morgan fingerprint density at radius 1 is 1.25 bits per heavy atom. The molecule has 2 aromatic rings. The highest BCUT2D eigenvalue weighted by Gasteiger charge is 2.09. The molecule has 1 aromatic carbocycles. The van der Waals surface area contributed by atoms with Crippen LogP contribution in [-0.2, 0) is 6.42 Å². The first-order valence-corrected chi connectivity index (χ1v) is 7.77. The van der Waals surface area contributed by atoms with Gasteiger partial charge in [0.1, 0.15) is 5.82 Å². The lowest BCUT2D eigenvalue weighted by molar-refractivity contribution is 0.572. The third-order valence-electron chi connectivity index (χ3n) is 2.96. The van der Waals surface area contributed by atoms with Crippen molar-refractivity contribution in [2.45, 2.75) is 24.3 Å². The Morgan fingerprint density at radius 2 is 2.05 bits per heavy atom. The van der Waals surface area contributed by atoms with Crippen molar-refractivity contribution in [3.63, 3.8) is 0 Å². The van der Waals surface area contributed by atoms with E-state index in [9.17, 15) is 4.39 Å². The van der Waals surface area contributed by atoms with Crippen LogP contribution in [0.25, 0.3) is 0 Å². The third-order valence-corrected chi connectivity index (χ3v) is 4.14. The van der Waals surface area contributed by atoms with Crippen LogP contribution in [0, 0.1) is 5.82 Å². The molecule has 2 rings (SSSR count). The SMILES string of the molecule is CCNC(CSc1ccc(F)cc1)Cc1cccnc1. The standard InChI is InChI=1S/C16H19FN2S/c1-2-19-15(10-13-4-3-9-18-11-13)12-20-16-7-5-14(17)6-8-16/h3-9,11,15,19H,2,10,12H2,1H3. The fourth-order valence-corrected chi connectivity index (χ4v) is 2.97. The summed E-state index contributed by atoms with van der Waals surface area (Å²) in [5, 5.41) is 3.49. The Labute approximate surface area is 123 Å². The average molecular weight is 290 g/mol. The molecule has 0 saturated heterocycles. The van der Waals surface area contributed by atoms with Crippen LogP contribution in [-0.4, -0.2) is 23.3 Å². The Kier molecular flexibility index (Phi) is 6.02. The number of nitrogens with one attached hydrogen (secondary N) is 1. The van der Waals surface area contributed by atoms with E-state index in [1.807, 2.05) is 24.4 Å². The van der Waals surface area contributed by atoms with Crippen LogP contribution >= 0.6 is 11.8 Å². The second kappa shape index (κ2) is 8.02. The number of hydrogen-bond acceptors (Lipinski definition) is 3. The van der Waals surface area contributed by atoms with Crippen molar-refractivity contribution in [2.24, 2.45) is 0 Å². The molecule has 0 aliphatic rings. The largest absolute Gasteiger partial charge is 0.313 e. The molecular formula is C16H19FN2S. The van der Waals surface area contributed by atoms with E-state index in [4.69, 9.17) is 0 Å². The topological polar surface area (TPSA) is 24.9 Å². The van der Waals surface area contributed by atoms with Crippen LogP contribution in [0.4, 0.5) is 4.39 Å². The van der Waals surface area contributed by atoms with Gasteiger partial charge < -0.3 is 5.32 Å². The predicted octanol–water partition coefficient (Wildman–Crippen LogP) is 3.53. The summed E-state index contributed by atoms with van der Waals surface area (Å²) in [6.07, 6.45) is 4.65. The van der Waals surface area contributed by atoms with E-state index in [1.165, 1.54) is 17.7 Å². The molecule has 0 aliphatic carbocycles. The van der Waals surface area contributed by atoms with Gasteiger partial charge in [-0.3, -0.25) is 4.98 Å². The number of nitrogens with zero attached hydrogens (tertiary/aromatic N) is 1. The maximum atomic E-state index is 12.9. The molecule has 2 nitrogen and oxygen atoms in total. The number of hydrogen-bond donors (Lipinski definition) is 1. The lowest BCUT2D eigenvalue weighted by atomic mass is 10.1. The smallest absolute Gasteiger partial charge is 0.123 e. The summed E-state index contributed by atoms with van der Waals surface area (Å²) < 4.78 is 12.9. The Hall–Kier alpha value is -1.39. The Balaban J connectivity index is 1.90. The highest BCUT2D eigenvalue weighted by Crippen LogP contribution is 2.20. The normalized spacial score (nSPS) is 12.3. The minimum Gasteiger partial charge on any atom is -0.313 e. The van der Waals surface area contributed by atoms with Gasteiger partial charge in [-0.05, 0) is 48.9 Å². The number of rotatable bonds is 7. The molecule has 0 amide bonds. The molecule has 0 saturated carbocycles. The van der Waals surface area contributed by atoms with Crippen molar-refractivity contribution < 1.29 is 4.39 Å². The van der Waals surface area contributed by atoms with E-state index in [0.717, 1.165) is 23.6 Å². The quantitative estimate of drug-likeness (QED) is 0.790. The van der Waals surface area contributed by atoms with Gasteiger partial charge in [0.15, 0.2) is 0 Å². The molecule has 1 aromatic heterocycles. The Morgan fingerprint density at radius 3 is 2.70 bits per heavy atom. The van der Waals surface area contributed by atoms with Crippen LogP contribution in [0.2, 0.25) is 0 Å². The van der Waals surface area contributed by atoms with Crippen LogP contribution < -0.4 is 5.32 Å². The average Bonchev–Trinajstić information content (AvgIpc) is 2.48. The first kappa shape index (κ1) is 15.0. The maximum Gasteiger partial charge on any atom is 0.123 e. The van der Waals surface area contributed by atoms with Gasteiger partial charge in [0.05, 0.1) is 0 Å². The zero-order valence-corrected chi connectivity index (χ0v) is 12.4. The lowest BCUT2D eigenvalue weighted by Crippen LogP contribution is -2.33. The van der Waals surface area contributed by atoms with Gasteiger partial charge in [-0.2, -0.15) is 0 Å². The molecule has 4 heteroatoms. The van der Waals surface area contributed by atoms with Crippen LogP contribution in [0.15, 0.2) is 53.7 Å². The molecule has 1 N–H and O–H groups in total. The van der Waals surface area contributed by atoms with Gasteiger partial charge in [0.2, 0.25) is 0 Å². The van der Waals surface area contributed by atoms with Gasteiger partial charge in [0.25, 0.3) is 0 Å². The summed E-state index contributed by atoms with van der Waals surface area (Å²) in [6.45, 7) is 3.05. The fraction of sp³-hybridized carbons (Fsp3) is 0.312. The summed E-state index contributed by atoms with van der Waals surface area (Å²) in [7, 11) is 0. The van der Waals surface area contributed by atoms with Crippen molar-refractivity contribution in [1.82, 2.24) is 10.3 Å². The van der Waals surface area contributed by atoms with E-state index < -0.39 is 0 Å². The number of likely N-dealkylation sites (N-methyl/N-ethyl adjacent to an activating group) is 1. The van der Waals surface area contributed by atoms with E-state index in [1.54, 1.807) is 18.0 Å². The van der Waals surface area contributed by atoms with E-state index in [2.05, 4.69) is 23.3 Å². The summed E-state index contributed by atoms with van der Waals surface area (Å²) in [6, 6.07) is 11.1. The molecule has 106 valence electrons. The van der Waals surface area contributed by atoms with Gasteiger partial charge in [-0.25, -0.2) is 4.39 Å². The molecule has 0 fully saturated rings. The fourth-order valence-electron chi connectivity index (χ4n) is 2.01.